The molecule has 0 amide bonds. The zero-order valence-electron chi connectivity index (χ0n) is 47.2. The van der Waals surface area contributed by atoms with Crippen molar-refractivity contribution in [2.24, 2.45) is 0 Å². The average molecular weight is 1100 g/mol. The molecule has 4 nitrogen and oxygen atoms in total. The Morgan fingerprint density at radius 1 is 0.325 bits per heavy atom. The standard InChI is InChI=1S/C76H68F3N3O/c1-3-5-11-56-21-35-68(36-22-56)81(73-47-33-62-13-7-9-15-64(62)53-73)70-43-29-60(30-44-70)19-17-58-25-39-66(40-26-58)80(72-49-51-75(52-50-72)83-55-76(77,78)79)67-41-27-59(28-42-67)18-20-61-31-45-71(46-32-61)82(69-37-23-57(24-38-69)12-6-4-2)74-48-34-63-14-8-10-16-65(63)54-74/h7-10,13-17,19,21-54H,3-6,11-12,18,20,55H2,1-2H3/b19-17+. The van der Waals surface area contributed by atoms with Crippen LogP contribution in [0.5, 0.6) is 5.75 Å². The van der Waals surface area contributed by atoms with E-state index in [0.29, 0.717) is 0 Å². The Balaban J connectivity index is 0.800. The molecule has 0 aliphatic rings. The van der Waals surface area contributed by atoms with Crippen LogP contribution in [0.3, 0.4) is 0 Å². The van der Waals surface area contributed by atoms with E-state index in [9.17, 15) is 13.2 Å². The molecule has 11 aromatic carbocycles. The number of rotatable bonds is 22. The van der Waals surface area contributed by atoms with Crippen LogP contribution in [0.4, 0.5) is 64.4 Å². The fourth-order valence-electron chi connectivity index (χ4n) is 10.8. The third kappa shape index (κ3) is 14.1. The van der Waals surface area contributed by atoms with Crippen molar-refractivity contribution in [2.45, 2.75) is 71.4 Å². The molecule has 7 heteroatoms. The molecule has 0 bridgehead atoms. The molecule has 83 heavy (non-hydrogen) atoms. The zero-order valence-corrected chi connectivity index (χ0v) is 47.2. The smallest absolute Gasteiger partial charge is 0.422 e. The van der Waals surface area contributed by atoms with Crippen molar-refractivity contribution in [3.8, 4) is 5.75 Å². The second kappa shape index (κ2) is 26.1. The number of hydrogen-bond acceptors (Lipinski definition) is 4. The molecule has 0 atom stereocenters. The van der Waals surface area contributed by atoms with Gasteiger partial charge in [0, 0.05) is 51.2 Å². The van der Waals surface area contributed by atoms with Gasteiger partial charge in [-0.05, 0) is 215 Å². The fourth-order valence-corrected chi connectivity index (χ4v) is 10.8. The summed E-state index contributed by atoms with van der Waals surface area (Å²) in [6, 6.07) is 89.5. The van der Waals surface area contributed by atoms with Gasteiger partial charge in [-0.25, -0.2) is 0 Å². The number of halogens is 3. The van der Waals surface area contributed by atoms with E-state index in [4.69, 9.17) is 4.74 Å². The molecule has 0 aliphatic heterocycles. The quantitative estimate of drug-likeness (QED) is 0.0630. The Bertz CT molecular complexity index is 3890. The third-order valence-corrected chi connectivity index (χ3v) is 15.4. The highest BCUT2D eigenvalue weighted by molar-refractivity contribution is 5.91. The van der Waals surface area contributed by atoms with Gasteiger partial charge < -0.3 is 19.4 Å². The third-order valence-electron chi connectivity index (χ3n) is 15.4. The molecule has 0 N–H and O–H groups in total. The summed E-state index contributed by atoms with van der Waals surface area (Å²) in [5.74, 6) is 0.152. The number of benzene rings is 11. The number of nitrogens with zero attached hydrogens (tertiary/aromatic N) is 3. The van der Waals surface area contributed by atoms with Crippen molar-refractivity contribution < 1.29 is 17.9 Å². The normalized spacial score (nSPS) is 11.6. The SMILES string of the molecule is CCCCc1ccc(N(c2ccc(/C=C/c3ccc(N(c4ccc(CCc5ccc(N(c6ccc(CCCC)cc6)c6ccc7ccccc7c6)cc5)cc4)c4ccc(OCC(F)(F)F)cc4)cc3)cc2)c2ccc3ccccc3c2)cc1. The highest BCUT2D eigenvalue weighted by Crippen LogP contribution is 2.40. The lowest BCUT2D eigenvalue weighted by atomic mass is 10.0. The lowest BCUT2D eigenvalue weighted by molar-refractivity contribution is -0.153. The van der Waals surface area contributed by atoms with E-state index in [2.05, 4.69) is 271 Å². The van der Waals surface area contributed by atoms with Crippen LogP contribution in [0.1, 0.15) is 72.9 Å². The number of alkyl halides is 3. The molecule has 0 heterocycles. The first-order valence-electron chi connectivity index (χ1n) is 29.0. The molecule has 0 saturated heterocycles. The van der Waals surface area contributed by atoms with Crippen LogP contribution in [0, 0.1) is 0 Å². The highest BCUT2D eigenvalue weighted by Gasteiger charge is 2.28. The van der Waals surface area contributed by atoms with Crippen molar-refractivity contribution >= 4 is 84.9 Å². The van der Waals surface area contributed by atoms with E-state index >= 15 is 0 Å². The number of anilines is 9. The van der Waals surface area contributed by atoms with Gasteiger partial charge in [0.15, 0.2) is 6.61 Å². The maximum Gasteiger partial charge on any atom is 0.422 e. The predicted octanol–water partition coefficient (Wildman–Crippen LogP) is 22.0. The molecule has 0 radical (unpaired) electrons. The first-order valence-corrected chi connectivity index (χ1v) is 29.0. The van der Waals surface area contributed by atoms with Crippen molar-refractivity contribution in [2.75, 3.05) is 21.3 Å². The Labute approximate surface area is 487 Å². The van der Waals surface area contributed by atoms with Crippen molar-refractivity contribution in [3.05, 3.63) is 288 Å². The van der Waals surface area contributed by atoms with Gasteiger partial charge in [-0.2, -0.15) is 13.2 Å². The van der Waals surface area contributed by atoms with Crippen LogP contribution in [-0.2, 0) is 25.7 Å². The summed E-state index contributed by atoms with van der Waals surface area (Å²) in [5, 5.41) is 4.82. The van der Waals surface area contributed by atoms with Crippen LogP contribution >= 0.6 is 0 Å². The minimum atomic E-state index is -4.43. The summed E-state index contributed by atoms with van der Waals surface area (Å²) >= 11 is 0. The number of hydrogen-bond donors (Lipinski definition) is 0. The van der Waals surface area contributed by atoms with Gasteiger partial charge in [0.2, 0.25) is 0 Å². The van der Waals surface area contributed by atoms with E-state index in [1.807, 2.05) is 0 Å². The van der Waals surface area contributed by atoms with Gasteiger partial charge in [0.25, 0.3) is 0 Å². The summed E-state index contributed by atoms with van der Waals surface area (Å²) < 4.78 is 44.4. The molecular weight excluding hydrogens is 1030 g/mol. The number of fused-ring (bicyclic) bond motifs is 2. The Morgan fingerprint density at radius 2 is 0.614 bits per heavy atom. The lowest BCUT2D eigenvalue weighted by Gasteiger charge is -2.26. The Hall–Kier alpha value is -9.33. The summed E-state index contributed by atoms with van der Waals surface area (Å²) in [7, 11) is 0. The number of unbranched alkanes of at least 4 members (excludes halogenated alkanes) is 2. The van der Waals surface area contributed by atoms with Gasteiger partial charge >= 0.3 is 6.18 Å². The van der Waals surface area contributed by atoms with Gasteiger partial charge in [-0.1, -0.05) is 172 Å². The highest BCUT2D eigenvalue weighted by atomic mass is 19.4. The van der Waals surface area contributed by atoms with Crippen LogP contribution in [0.25, 0.3) is 33.7 Å². The number of aryl methyl sites for hydroxylation is 4. The molecule has 0 aromatic heterocycles. The number of ether oxygens (including phenoxy) is 1. The maximum atomic E-state index is 13.1. The lowest BCUT2D eigenvalue weighted by Crippen LogP contribution is -2.19. The van der Waals surface area contributed by atoms with Crippen LogP contribution in [0.15, 0.2) is 255 Å². The average Bonchev–Trinajstić information content (AvgIpc) is 3.66. The Kier molecular flexibility index (Phi) is 17.5. The summed E-state index contributed by atoms with van der Waals surface area (Å²) in [5.41, 5.74) is 16.5. The molecule has 0 fully saturated rings. The summed E-state index contributed by atoms with van der Waals surface area (Å²) in [4.78, 5) is 6.77. The second-order valence-corrected chi connectivity index (χ2v) is 21.4. The topological polar surface area (TPSA) is 19.0 Å². The van der Waals surface area contributed by atoms with Crippen LogP contribution in [0.2, 0.25) is 0 Å². The van der Waals surface area contributed by atoms with E-state index in [1.165, 1.54) is 69.5 Å². The van der Waals surface area contributed by atoms with Crippen LogP contribution in [-0.4, -0.2) is 12.8 Å². The molecule has 414 valence electrons. The second-order valence-electron chi connectivity index (χ2n) is 21.4. The van der Waals surface area contributed by atoms with E-state index < -0.39 is 12.8 Å². The molecule has 0 aliphatic carbocycles. The Morgan fingerprint density at radius 3 is 0.952 bits per heavy atom. The summed E-state index contributed by atoms with van der Waals surface area (Å²) in [6.45, 7) is 3.11. The molecule has 11 aromatic rings. The summed E-state index contributed by atoms with van der Waals surface area (Å²) in [6.07, 6.45) is 8.36. The molecule has 11 rings (SSSR count). The molecule has 0 saturated carbocycles. The maximum absolute atomic E-state index is 13.1. The first-order chi connectivity index (χ1) is 40.6. The van der Waals surface area contributed by atoms with Gasteiger partial charge in [-0.3, -0.25) is 0 Å². The molecular formula is C76H68F3N3O. The zero-order chi connectivity index (χ0) is 57.0. The van der Waals surface area contributed by atoms with Crippen molar-refractivity contribution in [1.29, 1.82) is 0 Å². The van der Waals surface area contributed by atoms with Crippen molar-refractivity contribution in [1.82, 2.24) is 0 Å². The van der Waals surface area contributed by atoms with E-state index in [0.717, 1.165) is 88.0 Å². The van der Waals surface area contributed by atoms with E-state index in [-0.39, 0.29) is 5.75 Å². The minimum Gasteiger partial charge on any atom is -0.484 e. The van der Waals surface area contributed by atoms with E-state index in [1.54, 1.807) is 24.3 Å². The van der Waals surface area contributed by atoms with Gasteiger partial charge in [-0.15, -0.1) is 0 Å². The minimum absolute atomic E-state index is 0.152. The van der Waals surface area contributed by atoms with Gasteiger partial charge in [0.1, 0.15) is 5.75 Å². The monoisotopic (exact) mass is 1100 g/mol. The van der Waals surface area contributed by atoms with Gasteiger partial charge in [0.05, 0.1) is 0 Å². The largest absolute Gasteiger partial charge is 0.484 e. The van der Waals surface area contributed by atoms with Crippen LogP contribution < -0.4 is 19.4 Å². The fraction of sp³-hybridized carbons (Fsp3) is 0.158. The first kappa shape index (κ1) is 55.6. The molecule has 0 unspecified atom stereocenters. The van der Waals surface area contributed by atoms with Crippen molar-refractivity contribution in [3.63, 3.8) is 0 Å². The predicted molar refractivity (Wildman–Crippen MR) is 343 cm³/mol. The molecule has 0 spiro atoms.